The number of carbonyl (C=O) groups is 1. The van der Waals surface area contributed by atoms with Crippen LogP contribution in [0, 0.1) is 5.92 Å². The first-order valence-electron chi connectivity index (χ1n) is 9.20. The third-order valence-corrected chi connectivity index (χ3v) is 5.17. The molecule has 2 heterocycles. The first-order chi connectivity index (χ1) is 12.6. The highest BCUT2D eigenvalue weighted by Gasteiger charge is 2.28. The van der Waals surface area contributed by atoms with Gasteiger partial charge in [-0.2, -0.15) is 0 Å². The molecule has 4 nitrogen and oxygen atoms in total. The number of para-hydroxylation sites is 2. The molecule has 1 aliphatic rings. The molecule has 3 aromatic rings. The largest absolute Gasteiger partial charge is 0.361 e. The first-order valence-corrected chi connectivity index (χ1v) is 9.20. The summed E-state index contributed by atoms with van der Waals surface area (Å²) < 4.78 is 0. The molecule has 0 saturated carbocycles. The second-order valence-corrected chi connectivity index (χ2v) is 7.50. The molecule has 2 aromatic carbocycles. The van der Waals surface area contributed by atoms with Crippen molar-refractivity contribution in [3.8, 4) is 0 Å². The van der Waals surface area contributed by atoms with Crippen LogP contribution < -0.4 is 4.90 Å². The van der Waals surface area contributed by atoms with Crippen LogP contribution in [0.1, 0.15) is 11.1 Å². The molecule has 0 saturated heterocycles. The molecule has 0 spiro atoms. The lowest BCUT2D eigenvalue weighted by Crippen LogP contribution is -2.43. The standard InChI is InChI=1S/C22H25N3O.ClH/c1-24(2)14-16-11-17-7-3-6-10-21(17)25(15-16)22(26)12-18-13-23-20-9-5-4-8-19(18)20;/h3-10,13,16,23H,11-12,14-15H2,1-2H3;1H. The van der Waals surface area contributed by atoms with E-state index in [-0.39, 0.29) is 18.3 Å². The van der Waals surface area contributed by atoms with Crippen LogP contribution >= 0.6 is 12.4 Å². The Labute approximate surface area is 166 Å². The van der Waals surface area contributed by atoms with Crippen molar-refractivity contribution < 1.29 is 4.79 Å². The zero-order valence-corrected chi connectivity index (χ0v) is 16.6. The van der Waals surface area contributed by atoms with Gasteiger partial charge in [-0.3, -0.25) is 4.79 Å². The third kappa shape index (κ3) is 4.02. The summed E-state index contributed by atoms with van der Waals surface area (Å²) in [6.45, 7) is 1.78. The van der Waals surface area contributed by atoms with Gasteiger partial charge in [0.05, 0.1) is 6.42 Å². The molecule has 4 rings (SSSR count). The molecule has 27 heavy (non-hydrogen) atoms. The molecule has 1 amide bonds. The Bertz CT molecular complexity index is 934. The normalized spacial score (nSPS) is 16.3. The number of amides is 1. The van der Waals surface area contributed by atoms with Crippen molar-refractivity contribution in [1.82, 2.24) is 9.88 Å². The maximum atomic E-state index is 13.2. The second-order valence-electron chi connectivity index (χ2n) is 7.50. The minimum absolute atomic E-state index is 0. The van der Waals surface area contributed by atoms with E-state index in [1.807, 2.05) is 35.4 Å². The number of anilines is 1. The number of aromatic amines is 1. The van der Waals surface area contributed by atoms with Gasteiger partial charge in [0.2, 0.25) is 5.91 Å². The fraction of sp³-hybridized carbons (Fsp3) is 0.318. The quantitative estimate of drug-likeness (QED) is 0.742. The zero-order valence-electron chi connectivity index (χ0n) is 15.8. The molecular weight excluding hydrogens is 358 g/mol. The number of rotatable bonds is 4. The minimum atomic E-state index is 0. The van der Waals surface area contributed by atoms with Gasteiger partial charge in [-0.25, -0.2) is 0 Å². The van der Waals surface area contributed by atoms with E-state index < -0.39 is 0 Å². The number of aromatic nitrogens is 1. The SMILES string of the molecule is CN(C)CC1Cc2ccccc2N(C(=O)Cc2c[nH]c3ccccc23)C1.Cl. The highest BCUT2D eigenvalue weighted by Crippen LogP contribution is 2.31. The maximum Gasteiger partial charge on any atom is 0.231 e. The molecule has 1 aromatic heterocycles. The van der Waals surface area contributed by atoms with Crippen molar-refractivity contribution in [1.29, 1.82) is 0 Å². The van der Waals surface area contributed by atoms with E-state index in [0.29, 0.717) is 12.3 Å². The number of nitrogens with zero attached hydrogens (tertiary/aromatic N) is 2. The van der Waals surface area contributed by atoms with Crippen LogP contribution in [0.4, 0.5) is 5.69 Å². The number of nitrogens with one attached hydrogen (secondary N) is 1. The van der Waals surface area contributed by atoms with E-state index in [0.717, 1.165) is 41.7 Å². The molecule has 0 fully saturated rings. The van der Waals surface area contributed by atoms with Crippen molar-refractivity contribution in [3.05, 3.63) is 65.9 Å². The molecule has 1 aliphatic heterocycles. The van der Waals surface area contributed by atoms with Crippen molar-refractivity contribution >= 4 is 34.9 Å². The van der Waals surface area contributed by atoms with Crippen molar-refractivity contribution in [2.75, 3.05) is 32.1 Å². The summed E-state index contributed by atoms with van der Waals surface area (Å²) >= 11 is 0. The summed E-state index contributed by atoms with van der Waals surface area (Å²) in [5.41, 5.74) is 4.50. The fourth-order valence-corrected chi connectivity index (χ4v) is 4.09. The molecule has 5 heteroatoms. The Balaban J connectivity index is 0.00000210. The van der Waals surface area contributed by atoms with Crippen LogP contribution in [0.15, 0.2) is 54.7 Å². The van der Waals surface area contributed by atoms with Crippen LogP contribution in [0.2, 0.25) is 0 Å². The lowest BCUT2D eigenvalue weighted by Gasteiger charge is -2.36. The van der Waals surface area contributed by atoms with E-state index in [9.17, 15) is 4.79 Å². The molecule has 142 valence electrons. The van der Waals surface area contributed by atoms with Gasteiger partial charge in [-0.15, -0.1) is 12.4 Å². The number of hydrogen-bond acceptors (Lipinski definition) is 2. The van der Waals surface area contributed by atoms with Crippen LogP contribution in [0.5, 0.6) is 0 Å². The number of halogens is 1. The Hall–Kier alpha value is -2.30. The van der Waals surface area contributed by atoms with Crippen molar-refractivity contribution in [3.63, 3.8) is 0 Å². The van der Waals surface area contributed by atoms with Crippen LogP contribution in [0.3, 0.4) is 0 Å². The van der Waals surface area contributed by atoms with Gasteiger partial charge in [-0.05, 0) is 49.7 Å². The average Bonchev–Trinajstić information content (AvgIpc) is 3.03. The zero-order chi connectivity index (χ0) is 18.1. The predicted molar refractivity (Wildman–Crippen MR) is 114 cm³/mol. The number of H-pyrrole nitrogens is 1. The number of carbonyl (C=O) groups excluding carboxylic acids is 1. The van der Waals surface area contributed by atoms with Crippen LogP contribution in [-0.2, 0) is 17.6 Å². The van der Waals surface area contributed by atoms with Gasteiger partial charge in [0, 0.05) is 35.9 Å². The second kappa shape index (κ2) is 8.15. The summed E-state index contributed by atoms with van der Waals surface area (Å²) in [6.07, 6.45) is 3.42. The summed E-state index contributed by atoms with van der Waals surface area (Å²) in [4.78, 5) is 20.7. The van der Waals surface area contributed by atoms with E-state index in [1.165, 1.54) is 5.56 Å². The van der Waals surface area contributed by atoms with Crippen LogP contribution in [0.25, 0.3) is 10.9 Å². The highest BCUT2D eigenvalue weighted by atomic mass is 35.5. The average molecular weight is 384 g/mol. The van der Waals surface area contributed by atoms with Gasteiger partial charge in [-0.1, -0.05) is 36.4 Å². The monoisotopic (exact) mass is 383 g/mol. The molecular formula is C22H26ClN3O. The maximum absolute atomic E-state index is 13.2. The summed E-state index contributed by atoms with van der Waals surface area (Å²) in [6, 6.07) is 16.5. The summed E-state index contributed by atoms with van der Waals surface area (Å²) in [7, 11) is 4.19. The van der Waals surface area contributed by atoms with E-state index in [1.54, 1.807) is 0 Å². The molecule has 0 radical (unpaired) electrons. The van der Waals surface area contributed by atoms with E-state index in [4.69, 9.17) is 0 Å². The highest BCUT2D eigenvalue weighted by molar-refractivity contribution is 5.98. The van der Waals surface area contributed by atoms with Gasteiger partial charge in [0.15, 0.2) is 0 Å². The molecule has 0 bridgehead atoms. The molecule has 1 N–H and O–H groups in total. The minimum Gasteiger partial charge on any atom is -0.361 e. The molecule has 0 aliphatic carbocycles. The Morgan fingerprint density at radius 3 is 2.70 bits per heavy atom. The van der Waals surface area contributed by atoms with Crippen molar-refractivity contribution in [2.45, 2.75) is 12.8 Å². The van der Waals surface area contributed by atoms with E-state index in [2.05, 4.69) is 48.2 Å². The third-order valence-electron chi connectivity index (χ3n) is 5.17. The summed E-state index contributed by atoms with van der Waals surface area (Å²) in [5.74, 6) is 0.637. The van der Waals surface area contributed by atoms with Gasteiger partial charge in [0.25, 0.3) is 0 Å². The predicted octanol–water partition coefficient (Wildman–Crippen LogP) is 3.90. The molecule has 1 unspecified atom stereocenters. The Kier molecular flexibility index (Phi) is 5.88. The first kappa shape index (κ1) is 19.5. The summed E-state index contributed by atoms with van der Waals surface area (Å²) in [5, 5.41) is 1.14. The number of benzene rings is 2. The lowest BCUT2D eigenvalue weighted by molar-refractivity contribution is -0.118. The number of fused-ring (bicyclic) bond motifs is 2. The smallest absolute Gasteiger partial charge is 0.231 e. The lowest BCUT2D eigenvalue weighted by atomic mass is 9.91. The molecule has 1 atom stereocenters. The van der Waals surface area contributed by atoms with Gasteiger partial charge in [0.1, 0.15) is 0 Å². The van der Waals surface area contributed by atoms with Crippen LogP contribution in [-0.4, -0.2) is 43.0 Å². The topological polar surface area (TPSA) is 39.3 Å². The van der Waals surface area contributed by atoms with Gasteiger partial charge < -0.3 is 14.8 Å². The fourth-order valence-electron chi connectivity index (χ4n) is 4.09. The van der Waals surface area contributed by atoms with Gasteiger partial charge >= 0.3 is 0 Å². The van der Waals surface area contributed by atoms with Crippen molar-refractivity contribution in [2.24, 2.45) is 5.92 Å². The Morgan fingerprint density at radius 2 is 1.89 bits per heavy atom. The number of hydrogen-bond donors (Lipinski definition) is 1. The van der Waals surface area contributed by atoms with E-state index >= 15 is 0 Å². The Morgan fingerprint density at radius 1 is 1.15 bits per heavy atom.